The molecule has 2 amide bonds. The van der Waals surface area contributed by atoms with Gasteiger partial charge in [0.1, 0.15) is 12.0 Å². The molecule has 5 rings (SSSR count). The third kappa shape index (κ3) is 3.11. The maximum Gasteiger partial charge on any atom is 0.337 e. The van der Waals surface area contributed by atoms with E-state index in [-0.39, 0.29) is 5.91 Å². The number of fused-ring (bicyclic) bond motifs is 1. The van der Waals surface area contributed by atoms with Crippen LogP contribution in [0.2, 0.25) is 0 Å². The number of thiophene rings is 1. The summed E-state index contributed by atoms with van der Waals surface area (Å²) in [4.78, 5) is 46.8. The number of carbonyl (C=O) groups is 3. The molecule has 162 valence electrons. The fourth-order valence-corrected chi connectivity index (χ4v) is 5.15. The summed E-state index contributed by atoms with van der Waals surface area (Å²) >= 11 is 1.53. The van der Waals surface area contributed by atoms with Crippen LogP contribution in [0.3, 0.4) is 0 Å². The van der Waals surface area contributed by atoms with E-state index >= 15 is 0 Å². The Balaban J connectivity index is 1.52. The van der Waals surface area contributed by atoms with Crippen LogP contribution in [0.4, 0.5) is 11.4 Å². The summed E-state index contributed by atoms with van der Waals surface area (Å²) in [6, 6.07) is 17.4. The van der Waals surface area contributed by atoms with Crippen LogP contribution in [0, 0.1) is 12.8 Å². The molecule has 2 aliphatic rings. The molecule has 0 radical (unpaired) electrons. The number of nitrogens with zero attached hydrogens (tertiary/aromatic N) is 2. The molecule has 2 saturated heterocycles. The predicted molar refractivity (Wildman–Crippen MR) is 119 cm³/mol. The molecule has 7 nitrogen and oxygen atoms in total. The normalized spacial score (nSPS) is 22.4. The number of benzene rings is 2. The van der Waals surface area contributed by atoms with Crippen molar-refractivity contribution in [2.45, 2.75) is 19.1 Å². The average molecular weight is 449 g/mol. The Morgan fingerprint density at radius 2 is 1.75 bits per heavy atom. The van der Waals surface area contributed by atoms with Crippen molar-refractivity contribution in [3.8, 4) is 0 Å². The Morgan fingerprint density at radius 3 is 2.41 bits per heavy atom. The van der Waals surface area contributed by atoms with Crippen LogP contribution in [0.1, 0.15) is 26.8 Å². The molecule has 2 fully saturated rings. The summed E-state index contributed by atoms with van der Waals surface area (Å²) in [5.41, 5.74) is 2.56. The Labute approximate surface area is 188 Å². The van der Waals surface area contributed by atoms with E-state index < -0.39 is 29.9 Å². The zero-order valence-corrected chi connectivity index (χ0v) is 18.2. The number of ether oxygens (including phenoxy) is 1. The number of aryl methyl sites for hydroxylation is 1. The first-order valence-electron chi connectivity index (χ1n) is 10.1. The van der Waals surface area contributed by atoms with Gasteiger partial charge in [-0.2, -0.15) is 0 Å². The van der Waals surface area contributed by atoms with Crippen molar-refractivity contribution in [1.82, 2.24) is 0 Å². The highest BCUT2D eigenvalue weighted by Crippen LogP contribution is 2.49. The fraction of sp³-hybridized carbons (Fsp3) is 0.208. The van der Waals surface area contributed by atoms with Crippen LogP contribution < -0.4 is 9.96 Å². The zero-order chi connectivity index (χ0) is 22.4. The number of para-hydroxylation sites is 1. The Morgan fingerprint density at radius 1 is 1.00 bits per heavy atom. The standard InChI is InChI=1S/C24H20N2O5S/c1-14-6-3-4-7-17(14)26-20(18-8-5-13-32-18)19-21(31-26)23(28)25(22(19)27)16-11-9-15(10-12-16)24(29)30-2/h3-13,19-21H,1-2H3. The van der Waals surface area contributed by atoms with Gasteiger partial charge in [-0.15, -0.1) is 11.3 Å². The van der Waals surface area contributed by atoms with Crippen molar-refractivity contribution in [2.24, 2.45) is 5.92 Å². The first kappa shape index (κ1) is 20.4. The van der Waals surface area contributed by atoms with E-state index in [9.17, 15) is 14.4 Å². The molecule has 0 aliphatic carbocycles. The monoisotopic (exact) mass is 448 g/mol. The summed E-state index contributed by atoms with van der Waals surface area (Å²) in [5, 5.41) is 3.66. The van der Waals surface area contributed by atoms with Crippen LogP contribution >= 0.6 is 11.3 Å². The van der Waals surface area contributed by atoms with E-state index in [0.29, 0.717) is 11.3 Å². The smallest absolute Gasteiger partial charge is 0.337 e. The van der Waals surface area contributed by atoms with E-state index in [2.05, 4.69) is 0 Å². The Kier molecular flexibility index (Phi) is 5.03. The molecule has 3 heterocycles. The second-order valence-electron chi connectivity index (χ2n) is 7.67. The number of hydrogen-bond donors (Lipinski definition) is 0. The van der Waals surface area contributed by atoms with Gasteiger partial charge < -0.3 is 4.74 Å². The molecule has 0 bridgehead atoms. The van der Waals surface area contributed by atoms with Gasteiger partial charge in [0, 0.05) is 4.88 Å². The van der Waals surface area contributed by atoms with Crippen LogP contribution in [0.25, 0.3) is 0 Å². The number of carbonyl (C=O) groups excluding carboxylic acids is 3. The fourth-order valence-electron chi connectivity index (χ4n) is 4.30. The van der Waals surface area contributed by atoms with Crippen molar-refractivity contribution in [2.75, 3.05) is 17.1 Å². The van der Waals surface area contributed by atoms with Crippen molar-refractivity contribution in [3.05, 3.63) is 82.0 Å². The number of hydrogen-bond acceptors (Lipinski definition) is 7. The summed E-state index contributed by atoms with van der Waals surface area (Å²) < 4.78 is 4.71. The van der Waals surface area contributed by atoms with E-state index in [4.69, 9.17) is 9.57 Å². The molecular weight excluding hydrogens is 428 g/mol. The second-order valence-corrected chi connectivity index (χ2v) is 8.65. The average Bonchev–Trinajstić information content (AvgIpc) is 3.51. The maximum absolute atomic E-state index is 13.6. The highest BCUT2D eigenvalue weighted by molar-refractivity contribution is 7.10. The highest BCUT2D eigenvalue weighted by atomic mass is 32.1. The van der Waals surface area contributed by atoms with Gasteiger partial charge in [-0.3, -0.25) is 14.4 Å². The Hall–Kier alpha value is -3.49. The lowest BCUT2D eigenvalue weighted by Gasteiger charge is -2.29. The number of rotatable bonds is 4. The van der Waals surface area contributed by atoms with Crippen molar-refractivity contribution in [3.63, 3.8) is 0 Å². The van der Waals surface area contributed by atoms with Gasteiger partial charge in [-0.05, 0) is 54.3 Å². The van der Waals surface area contributed by atoms with Crippen molar-refractivity contribution >= 4 is 40.5 Å². The van der Waals surface area contributed by atoms with Gasteiger partial charge >= 0.3 is 5.97 Å². The highest BCUT2D eigenvalue weighted by Gasteiger charge is 2.60. The molecule has 3 atom stereocenters. The number of imide groups is 1. The molecule has 0 saturated carbocycles. The maximum atomic E-state index is 13.6. The van der Waals surface area contributed by atoms with Crippen LogP contribution in [-0.2, 0) is 19.2 Å². The van der Waals surface area contributed by atoms with Crippen LogP contribution in [0.15, 0.2) is 66.0 Å². The third-order valence-electron chi connectivity index (χ3n) is 5.85. The summed E-state index contributed by atoms with van der Waals surface area (Å²) in [5.74, 6) is -1.90. The minimum absolute atomic E-state index is 0.319. The first-order valence-corrected chi connectivity index (χ1v) is 11.0. The Bertz CT molecular complexity index is 1190. The van der Waals surface area contributed by atoms with E-state index in [1.165, 1.54) is 30.6 Å². The number of amides is 2. The SMILES string of the molecule is COC(=O)c1ccc(N2C(=O)C3ON(c4ccccc4C)C(c4cccs4)C3C2=O)cc1. The minimum Gasteiger partial charge on any atom is -0.465 e. The minimum atomic E-state index is -0.922. The molecule has 2 aliphatic heterocycles. The predicted octanol–water partition coefficient (Wildman–Crippen LogP) is 3.89. The molecule has 2 aromatic carbocycles. The van der Waals surface area contributed by atoms with Crippen molar-refractivity contribution in [1.29, 1.82) is 0 Å². The largest absolute Gasteiger partial charge is 0.465 e. The molecule has 32 heavy (non-hydrogen) atoms. The number of hydroxylamine groups is 1. The molecule has 0 spiro atoms. The quantitative estimate of drug-likeness (QED) is 0.445. The molecule has 1 aromatic heterocycles. The lowest BCUT2D eigenvalue weighted by Crippen LogP contribution is -2.37. The lowest BCUT2D eigenvalue weighted by molar-refractivity contribution is -0.126. The van der Waals surface area contributed by atoms with Gasteiger partial charge in [0.05, 0.1) is 24.0 Å². The van der Waals surface area contributed by atoms with Gasteiger partial charge in [-0.1, -0.05) is 24.3 Å². The molecular formula is C24H20N2O5S. The first-order chi connectivity index (χ1) is 15.5. The van der Waals surface area contributed by atoms with Crippen molar-refractivity contribution < 1.29 is 24.0 Å². The molecule has 8 heteroatoms. The number of methoxy groups -OCH3 is 1. The number of esters is 1. The van der Waals surface area contributed by atoms with E-state index in [1.54, 1.807) is 17.2 Å². The van der Waals surface area contributed by atoms with Crippen LogP contribution in [-0.4, -0.2) is 31.0 Å². The van der Waals surface area contributed by atoms with Gasteiger partial charge in [0.15, 0.2) is 6.10 Å². The second kappa shape index (κ2) is 7.89. The van der Waals surface area contributed by atoms with E-state index in [0.717, 1.165) is 21.0 Å². The van der Waals surface area contributed by atoms with E-state index in [1.807, 2.05) is 48.7 Å². The molecule has 0 N–H and O–H groups in total. The summed E-state index contributed by atoms with van der Waals surface area (Å²) in [7, 11) is 1.30. The van der Waals surface area contributed by atoms with Gasteiger partial charge in [0.2, 0.25) is 5.91 Å². The topological polar surface area (TPSA) is 76.2 Å². The van der Waals surface area contributed by atoms with Gasteiger partial charge in [-0.25, -0.2) is 14.8 Å². The summed E-state index contributed by atoms with van der Waals surface area (Å²) in [6.45, 7) is 1.97. The lowest BCUT2D eigenvalue weighted by atomic mass is 9.95. The number of anilines is 2. The van der Waals surface area contributed by atoms with Crippen LogP contribution in [0.5, 0.6) is 0 Å². The van der Waals surface area contributed by atoms with Gasteiger partial charge in [0.25, 0.3) is 5.91 Å². The summed E-state index contributed by atoms with van der Waals surface area (Å²) in [6.07, 6.45) is -0.922. The zero-order valence-electron chi connectivity index (χ0n) is 17.4. The molecule has 3 unspecified atom stereocenters. The molecule has 3 aromatic rings. The third-order valence-corrected chi connectivity index (χ3v) is 6.79.